The van der Waals surface area contributed by atoms with Crippen molar-refractivity contribution < 1.29 is 23.0 Å². The van der Waals surface area contributed by atoms with Gasteiger partial charge in [-0.15, -0.1) is 37.1 Å². The van der Waals surface area contributed by atoms with Crippen molar-refractivity contribution in [2.75, 3.05) is 11.9 Å². The summed E-state index contributed by atoms with van der Waals surface area (Å²) >= 11 is 0. The second kappa shape index (κ2) is 9.62. The van der Waals surface area contributed by atoms with Crippen LogP contribution in [0.3, 0.4) is 0 Å². The van der Waals surface area contributed by atoms with Crippen molar-refractivity contribution in [2.45, 2.75) is 19.4 Å². The van der Waals surface area contributed by atoms with Crippen molar-refractivity contribution >= 4 is 35.6 Å². The molecule has 0 aliphatic carbocycles. The number of aliphatic imine (C=N–C) groups is 1. The first-order chi connectivity index (χ1) is 11.7. The number of guanidine groups is 1. The Hall–Kier alpha value is -2.01. The normalized spacial score (nSPS) is 12.9. The lowest BCUT2D eigenvalue weighted by atomic mass is 10.1. The number of aliphatic hydroxyl groups excluding tert-OH is 1. The van der Waals surface area contributed by atoms with Gasteiger partial charge in [-0.3, -0.25) is 4.99 Å². The van der Waals surface area contributed by atoms with Crippen LogP contribution in [0.1, 0.15) is 17.2 Å². The molecule has 0 aliphatic rings. The number of hydrogen-bond donors (Lipinski definition) is 3. The van der Waals surface area contributed by atoms with Crippen LogP contribution in [0.4, 0.5) is 18.9 Å². The molecule has 2 aromatic carbocycles. The van der Waals surface area contributed by atoms with E-state index in [1.165, 1.54) is 12.1 Å². The first-order valence-electron chi connectivity index (χ1n) is 7.40. The number of rotatable bonds is 5. The lowest BCUT2D eigenvalue weighted by Gasteiger charge is -2.12. The molecule has 0 bridgehead atoms. The molecule has 2 aromatic rings. The molecule has 0 spiro atoms. The van der Waals surface area contributed by atoms with Gasteiger partial charge < -0.3 is 20.9 Å². The maximum absolute atomic E-state index is 12.1. The number of hydrogen-bond acceptors (Lipinski definition) is 3. The minimum Gasteiger partial charge on any atom is -0.406 e. The van der Waals surface area contributed by atoms with E-state index in [0.717, 1.165) is 23.4 Å². The van der Waals surface area contributed by atoms with E-state index in [4.69, 9.17) is 5.73 Å². The van der Waals surface area contributed by atoms with E-state index in [2.05, 4.69) is 15.0 Å². The van der Waals surface area contributed by atoms with Crippen LogP contribution in [-0.4, -0.2) is 24.0 Å². The van der Waals surface area contributed by atoms with Gasteiger partial charge >= 0.3 is 6.36 Å². The van der Waals surface area contributed by atoms with Crippen LogP contribution in [0.2, 0.25) is 0 Å². The Kier molecular flexibility index (Phi) is 8.15. The van der Waals surface area contributed by atoms with Gasteiger partial charge in [0.2, 0.25) is 0 Å². The highest BCUT2D eigenvalue weighted by molar-refractivity contribution is 14.0. The molecule has 26 heavy (non-hydrogen) atoms. The fourth-order valence-electron chi connectivity index (χ4n) is 2.09. The Morgan fingerprint density at radius 2 is 1.88 bits per heavy atom. The molecule has 0 saturated carbocycles. The Labute approximate surface area is 166 Å². The van der Waals surface area contributed by atoms with Crippen molar-refractivity contribution in [2.24, 2.45) is 10.7 Å². The van der Waals surface area contributed by atoms with Gasteiger partial charge in [0.05, 0.1) is 12.6 Å². The molecule has 5 nitrogen and oxygen atoms in total. The molecule has 0 saturated heterocycles. The molecule has 1 unspecified atom stereocenters. The third-order valence-electron chi connectivity index (χ3n) is 3.22. The molecule has 2 rings (SSSR count). The van der Waals surface area contributed by atoms with Gasteiger partial charge in [-0.05, 0) is 42.3 Å². The zero-order valence-electron chi connectivity index (χ0n) is 13.8. The Bertz CT molecular complexity index is 737. The highest BCUT2D eigenvalue weighted by Crippen LogP contribution is 2.24. The number of nitrogens with zero attached hydrogens (tertiary/aromatic N) is 1. The molecule has 0 aromatic heterocycles. The Morgan fingerprint density at radius 1 is 1.23 bits per heavy atom. The van der Waals surface area contributed by atoms with Crippen LogP contribution in [0.15, 0.2) is 53.5 Å². The number of anilines is 1. The van der Waals surface area contributed by atoms with Gasteiger partial charge in [0.1, 0.15) is 5.75 Å². The molecule has 0 aliphatic heterocycles. The highest BCUT2D eigenvalue weighted by atomic mass is 127. The molecule has 142 valence electrons. The maximum atomic E-state index is 12.1. The van der Waals surface area contributed by atoms with Crippen LogP contribution in [0.5, 0.6) is 5.75 Å². The molecule has 0 radical (unpaired) electrons. The van der Waals surface area contributed by atoms with Crippen LogP contribution in [0.25, 0.3) is 0 Å². The van der Waals surface area contributed by atoms with Crippen LogP contribution in [-0.2, 0) is 0 Å². The SMILES string of the molecule is Cc1cccc(NC(N)=NCC(O)c2ccc(OC(F)(F)F)cc2)c1.I. The average Bonchev–Trinajstić information content (AvgIpc) is 2.52. The highest BCUT2D eigenvalue weighted by Gasteiger charge is 2.31. The third kappa shape index (κ3) is 7.48. The summed E-state index contributed by atoms with van der Waals surface area (Å²) in [7, 11) is 0. The second-order valence-corrected chi connectivity index (χ2v) is 5.35. The number of halogens is 4. The van der Waals surface area contributed by atoms with Gasteiger partial charge in [-0.2, -0.15) is 0 Å². The predicted octanol–water partition coefficient (Wildman–Crippen LogP) is 3.97. The predicted molar refractivity (Wildman–Crippen MR) is 105 cm³/mol. The summed E-state index contributed by atoms with van der Waals surface area (Å²) in [5.41, 5.74) is 7.99. The van der Waals surface area contributed by atoms with Crippen LogP contribution < -0.4 is 15.8 Å². The topological polar surface area (TPSA) is 79.9 Å². The van der Waals surface area contributed by atoms with E-state index in [-0.39, 0.29) is 42.2 Å². The van der Waals surface area contributed by atoms with Crippen LogP contribution in [0, 0.1) is 6.92 Å². The fraction of sp³-hybridized carbons (Fsp3) is 0.235. The van der Waals surface area contributed by atoms with E-state index in [1.807, 2.05) is 31.2 Å². The van der Waals surface area contributed by atoms with Gasteiger partial charge in [0.25, 0.3) is 0 Å². The molecular formula is C17H19F3IN3O2. The lowest BCUT2D eigenvalue weighted by Crippen LogP contribution is -2.23. The minimum absolute atomic E-state index is 0. The summed E-state index contributed by atoms with van der Waals surface area (Å²) in [4.78, 5) is 4.03. The van der Waals surface area contributed by atoms with Crippen molar-refractivity contribution in [3.05, 3.63) is 59.7 Å². The number of nitrogens with two attached hydrogens (primary N) is 1. The van der Waals surface area contributed by atoms with Gasteiger partial charge in [-0.1, -0.05) is 24.3 Å². The molecule has 0 amide bonds. The zero-order valence-corrected chi connectivity index (χ0v) is 16.2. The molecule has 4 N–H and O–H groups in total. The van der Waals surface area contributed by atoms with Gasteiger partial charge in [0.15, 0.2) is 5.96 Å². The molecule has 0 fully saturated rings. The molecule has 1 atom stereocenters. The number of benzene rings is 2. The van der Waals surface area contributed by atoms with E-state index < -0.39 is 12.5 Å². The largest absolute Gasteiger partial charge is 0.573 e. The van der Waals surface area contributed by atoms with Gasteiger partial charge in [0, 0.05) is 5.69 Å². The number of aryl methyl sites for hydroxylation is 1. The van der Waals surface area contributed by atoms with E-state index in [0.29, 0.717) is 5.56 Å². The van der Waals surface area contributed by atoms with E-state index >= 15 is 0 Å². The first-order valence-corrected chi connectivity index (χ1v) is 7.40. The van der Waals surface area contributed by atoms with Crippen LogP contribution >= 0.6 is 24.0 Å². The summed E-state index contributed by atoms with van der Waals surface area (Å²) in [6, 6.07) is 12.5. The Morgan fingerprint density at radius 3 is 2.46 bits per heavy atom. The maximum Gasteiger partial charge on any atom is 0.573 e. The number of alkyl halides is 3. The van der Waals surface area contributed by atoms with Crippen molar-refractivity contribution in [1.29, 1.82) is 0 Å². The Balaban J connectivity index is 0.00000338. The molecule has 9 heteroatoms. The minimum atomic E-state index is -4.75. The zero-order chi connectivity index (χ0) is 18.4. The average molecular weight is 481 g/mol. The van der Waals surface area contributed by atoms with Crippen molar-refractivity contribution in [1.82, 2.24) is 0 Å². The molecule has 0 heterocycles. The smallest absolute Gasteiger partial charge is 0.406 e. The van der Waals surface area contributed by atoms with Crippen molar-refractivity contribution in [3.8, 4) is 5.75 Å². The summed E-state index contributed by atoms with van der Waals surface area (Å²) < 4.78 is 40.1. The number of nitrogens with one attached hydrogen (secondary N) is 1. The number of aliphatic hydroxyl groups is 1. The monoisotopic (exact) mass is 481 g/mol. The van der Waals surface area contributed by atoms with E-state index in [1.54, 1.807) is 0 Å². The van der Waals surface area contributed by atoms with Crippen molar-refractivity contribution in [3.63, 3.8) is 0 Å². The summed E-state index contributed by atoms with van der Waals surface area (Å²) in [5, 5.41) is 12.9. The quantitative estimate of drug-likeness (QED) is 0.343. The lowest BCUT2D eigenvalue weighted by molar-refractivity contribution is -0.274. The van der Waals surface area contributed by atoms with Gasteiger partial charge in [-0.25, -0.2) is 0 Å². The standard InChI is InChI=1S/C17H18F3N3O2.HI/c1-11-3-2-4-13(9-11)23-16(21)22-10-15(24)12-5-7-14(8-6-12)25-17(18,19)20;/h2-9,15,24H,10H2,1H3,(H3,21,22,23);1H. The summed E-state index contributed by atoms with van der Waals surface area (Å²) in [6.07, 6.45) is -5.75. The fourth-order valence-corrected chi connectivity index (χ4v) is 2.09. The summed E-state index contributed by atoms with van der Waals surface area (Å²) in [5.74, 6) is -0.228. The number of ether oxygens (including phenoxy) is 1. The first kappa shape index (κ1) is 22.0. The summed E-state index contributed by atoms with van der Waals surface area (Å²) in [6.45, 7) is 1.90. The second-order valence-electron chi connectivity index (χ2n) is 5.35. The third-order valence-corrected chi connectivity index (χ3v) is 3.22. The molecular weight excluding hydrogens is 462 g/mol. The van der Waals surface area contributed by atoms with E-state index in [9.17, 15) is 18.3 Å².